The predicted molar refractivity (Wildman–Crippen MR) is 17.1 cm³/mol. The van der Waals surface area contributed by atoms with Gasteiger partial charge in [-0.3, -0.25) is 0 Å². The zero-order chi connectivity index (χ0) is 7.61. The second-order valence-electron chi connectivity index (χ2n) is 1.29. The smallest absolute Gasteiger partial charge is 0.361 e. The highest BCUT2D eigenvalue weighted by atomic mass is 35.7. The monoisotopic (exact) mass is 167 g/mol. The molecule has 0 spiro atoms. The summed E-state index contributed by atoms with van der Waals surface area (Å²) in [5.74, 6) is -0.378. The van der Waals surface area contributed by atoms with Crippen molar-refractivity contribution in [2.75, 3.05) is 0 Å². The minimum absolute atomic E-state index is 0.378. The van der Waals surface area contributed by atoms with Gasteiger partial charge in [0.2, 0.25) is 0 Å². The van der Waals surface area contributed by atoms with Crippen molar-refractivity contribution in [3.63, 3.8) is 0 Å². The van der Waals surface area contributed by atoms with Crippen LogP contribution in [0.3, 0.4) is 0 Å². The summed E-state index contributed by atoms with van der Waals surface area (Å²) in [6, 6.07) is 1.10. The molecule has 10 heavy (non-hydrogen) atoms. The Labute approximate surface area is 57.4 Å². The van der Waals surface area contributed by atoms with Gasteiger partial charge in [-0.1, -0.05) is 0 Å². The molecule has 0 aromatic carbocycles. The summed E-state index contributed by atoms with van der Waals surface area (Å²) < 4.78 is 37.3. The lowest BCUT2D eigenvalue weighted by Gasteiger charge is -2.09. The van der Waals surface area contributed by atoms with E-state index in [1.807, 2.05) is 0 Å². The molecule has 0 atom stereocenters. The van der Waals surface area contributed by atoms with Gasteiger partial charge in [-0.05, 0) is 9.45 Å². The lowest BCUT2D eigenvalue weighted by molar-refractivity contribution is -1.91. The molecule has 1 aromatic heterocycles. The van der Waals surface area contributed by atoms with Crippen molar-refractivity contribution in [3.8, 4) is 5.88 Å². The molecule has 1 heterocycles. The summed E-state index contributed by atoms with van der Waals surface area (Å²) >= 11 is 0. The molecule has 1 rings (SSSR count). The molecule has 0 N–H and O–H groups in total. The van der Waals surface area contributed by atoms with Gasteiger partial charge in [-0.25, -0.2) is 0 Å². The largest absolute Gasteiger partial charge is 0.417 e. The van der Waals surface area contributed by atoms with Crippen LogP contribution in [0.25, 0.3) is 0 Å². The Morgan fingerprint density at radius 3 is 2.60 bits per heavy atom. The molecule has 0 fully saturated rings. The molecule has 56 valence electrons. The number of rotatable bonds is 2. The lowest BCUT2D eigenvalue weighted by Crippen LogP contribution is -2.63. The fourth-order valence-corrected chi connectivity index (χ4v) is 0.611. The summed E-state index contributed by atoms with van der Waals surface area (Å²) in [7, 11) is -4.46. The maximum atomic E-state index is 9.81. The predicted octanol–water partition coefficient (Wildman–Crippen LogP) is -3.05. The Morgan fingerprint density at radius 2 is 2.20 bits per heavy atom. The van der Waals surface area contributed by atoms with Gasteiger partial charge < -0.3 is 4.52 Å². The Hall–Kier alpha value is -0.820. The van der Waals surface area contributed by atoms with Crippen LogP contribution in [-0.4, -0.2) is 5.16 Å². The van der Waals surface area contributed by atoms with Gasteiger partial charge >= 0.3 is 5.88 Å². The van der Waals surface area contributed by atoms with Gasteiger partial charge in [0.25, 0.3) is 0 Å². The van der Waals surface area contributed by atoms with Crippen LogP contribution >= 0.6 is 0 Å². The van der Waals surface area contributed by atoms with Crippen molar-refractivity contribution in [2.45, 2.75) is 0 Å². The van der Waals surface area contributed by atoms with Gasteiger partial charge in [0.1, 0.15) is 16.5 Å². The van der Waals surface area contributed by atoms with Crippen LogP contribution in [-0.2, 0) is 0 Å². The van der Waals surface area contributed by atoms with E-state index in [-0.39, 0.29) is 5.88 Å². The van der Waals surface area contributed by atoms with Crippen LogP contribution < -0.4 is 18.3 Å². The molecule has 0 saturated heterocycles. The molecule has 0 aliphatic carbocycles. The van der Waals surface area contributed by atoms with E-state index in [9.17, 15) is 14.0 Å². The molecule has 0 aliphatic rings. The zero-order valence-corrected chi connectivity index (χ0v) is 5.28. The fourth-order valence-electron chi connectivity index (χ4n) is 0.338. The Bertz CT molecular complexity index is 191. The highest BCUT2D eigenvalue weighted by Crippen LogP contribution is 2.06. The van der Waals surface area contributed by atoms with Gasteiger partial charge in [-0.2, -0.15) is 14.0 Å². The number of nitrogens with zero attached hydrogens (tertiary/aromatic N) is 1. The van der Waals surface area contributed by atoms with E-state index in [2.05, 4.69) is 14.0 Å². The molecule has 0 radical (unpaired) electrons. The third-order valence-electron chi connectivity index (χ3n) is 0.588. The van der Waals surface area contributed by atoms with E-state index in [0.717, 1.165) is 12.3 Å². The molecule has 0 saturated carbocycles. The first kappa shape index (κ1) is 7.29. The summed E-state index contributed by atoms with van der Waals surface area (Å²) in [5.41, 5.74) is 0. The SMILES string of the molecule is [O-][Cl+3]([O-])([O-])Oc1ccon1. The Kier molecular flexibility index (Phi) is 1.77. The zero-order valence-electron chi connectivity index (χ0n) is 4.52. The topological polar surface area (TPSA) is 104 Å². The maximum absolute atomic E-state index is 9.81. The van der Waals surface area contributed by atoms with Crippen LogP contribution in [0.5, 0.6) is 5.88 Å². The van der Waals surface area contributed by atoms with E-state index in [0.29, 0.717) is 0 Å². The highest BCUT2D eigenvalue weighted by Gasteiger charge is 2.21. The van der Waals surface area contributed by atoms with Crippen molar-refractivity contribution in [3.05, 3.63) is 12.3 Å². The average molecular weight is 168 g/mol. The second-order valence-corrected chi connectivity index (χ2v) is 2.20. The number of aromatic nitrogens is 1. The van der Waals surface area contributed by atoms with E-state index in [1.54, 1.807) is 0 Å². The quantitative estimate of drug-likeness (QED) is 0.464. The normalized spacial score (nSPS) is 11.5. The summed E-state index contributed by atoms with van der Waals surface area (Å²) in [4.78, 5) is 0. The van der Waals surface area contributed by atoms with Crippen molar-refractivity contribution in [2.24, 2.45) is 0 Å². The van der Waals surface area contributed by atoms with Crippen LogP contribution in [0.4, 0.5) is 0 Å². The maximum Gasteiger partial charge on any atom is 0.417 e. The first-order valence-electron chi connectivity index (χ1n) is 2.09. The fraction of sp³-hybridized carbons (Fsp3) is 0. The van der Waals surface area contributed by atoms with Gasteiger partial charge in [-0.15, -0.1) is 0 Å². The third-order valence-corrected chi connectivity index (χ3v) is 0.935. The standard InChI is InChI=1S/C3H2ClNO5/c6-4(7,8)10-3-1-2-9-5-3/h1-2H. The van der Waals surface area contributed by atoms with Crippen LogP contribution in [0.2, 0.25) is 0 Å². The van der Waals surface area contributed by atoms with Crippen molar-refractivity contribution in [1.82, 2.24) is 5.16 Å². The average Bonchev–Trinajstić information content (AvgIpc) is 2.12. The lowest BCUT2D eigenvalue weighted by atomic mass is 10.7. The molecule has 7 heteroatoms. The van der Waals surface area contributed by atoms with Crippen molar-refractivity contribution in [1.29, 1.82) is 0 Å². The van der Waals surface area contributed by atoms with E-state index < -0.39 is 10.2 Å². The highest BCUT2D eigenvalue weighted by molar-refractivity contribution is 4.99. The van der Waals surface area contributed by atoms with Gasteiger partial charge in [0.15, 0.2) is 0 Å². The van der Waals surface area contributed by atoms with Crippen LogP contribution in [0.1, 0.15) is 0 Å². The summed E-state index contributed by atoms with van der Waals surface area (Å²) in [5, 5.41) is 3.02. The molecule has 0 bridgehead atoms. The van der Waals surface area contributed by atoms with E-state index >= 15 is 0 Å². The summed E-state index contributed by atoms with van der Waals surface area (Å²) in [6.07, 6.45) is 1.08. The van der Waals surface area contributed by atoms with Crippen LogP contribution in [0, 0.1) is 10.2 Å². The minimum atomic E-state index is -4.46. The van der Waals surface area contributed by atoms with E-state index in [4.69, 9.17) is 0 Å². The molecular weight excluding hydrogens is 165 g/mol. The first-order valence-corrected chi connectivity index (χ1v) is 3.32. The molecular formula is C3H2ClNO5. The third kappa shape index (κ3) is 2.19. The minimum Gasteiger partial charge on any atom is -0.361 e. The number of halogens is 1. The first-order chi connectivity index (χ1) is 4.58. The molecule has 0 amide bonds. The Morgan fingerprint density at radius 1 is 1.50 bits per heavy atom. The number of hydrogen-bond donors (Lipinski definition) is 0. The molecule has 0 aliphatic heterocycles. The van der Waals surface area contributed by atoms with Gasteiger partial charge in [0, 0.05) is 0 Å². The molecule has 0 unspecified atom stereocenters. The number of hydrogen-bond acceptors (Lipinski definition) is 6. The summed E-state index contributed by atoms with van der Waals surface area (Å²) in [6.45, 7) is 0. The van der Waals surface area contributed by atoms with Crippen molar-refractivity contribution < 1.29 is 33.0 Å². The van der Waals surface area contributed by atoms with Crippen LogP contribution in [0.15, 0.2) is 16.9 Å². The Balaban J connectivity index is 2.57. The molecule has 6 nitrogen and oxygen atoms in total. The molecule has 1 aromatic rings. The second kappa shape index (κ2) is 2.43. The van der Waals surface area contributed by atoms with Gasteiger partial charge in [0.05, 0.1) is 6.07 Å². The van der Waals surface area contributed by atoms with E-state index in [1.165, 1.54) is 0 Å². The van der Waals surface area contributed by atoms with Crippen molar-refractivity contribution >= 4 is 0 Å².